The van der Waals surface area contributed by atoms with Crippen LogP contribution >= 0.6 is 34.9 Å². The highest BCUT2D eigenvalue weighted by Gasteiger charge is 2.09. The molecule has 0 fully saturated rings. The van der Waals surface area contributed by atoms with Gasteiger partial charge in [0, 0.05) is 5.75 Å². The number of aromatic carboxylic acids is 1. The molecule has 1 heterocycles. The summed E-state index contributed by atoms with van der Waals surface area (Å²) in [6.07, 6.45) is 1.46. The van der Waals surface area contributed by atoms with Crippen LogP contribution in [0.15, 0.2) is 62.3 Å². The number of benzene rings is 2. The van der Waals surface area contributed by atoms with Crippen LogP contribution in [0.1, 0.15) is 27.0 Å². The van der Waals surface area contributed by atoms with E-state index in [1.807, 2.05) is 0 Å². The Morgan fingerprint density at radius 2 is 1.73 bits per heavy atom. The molecule has 3 rings (SSSR count). The summed E-state index contributed by atoms with van der Waals surface area (Å²) in [6, 6.07) is 14.6. The van der Waals surface area contributed by atoms with Crippen molar-refractivity contribution in [2.45, 2.75) is 21.4 Å². The van der Waals surface area contributed by atoms with Gasteiger partial charge in [-0.05, 0) is 30.2 Å². The fourth-order valence-electron chi connectivity index (χ4n) is 2.19. The van der Waals surface area contributed by atoms with E-state index in [4.69, 9.17) is 5.11 Å². The topological polar surface area (TPSA) is 105 Å². The van der Waals surface area contributed by atoms with E-state index in [1.54, 1.807) is 23.9 Å². The first kappa shape index (κ1) is 22.0. The quantitative estimate of drug-likeness (QED) is 0.283. The third-order valence-corrected chi connectivity index (χ3v) is 7.02. The number of aromatic nitrogens is 2. The van der Waals surface area contributed by atoms with E-state index in [-0.39, 0.29) is 17.2 Å². The number of hydrazone groups is 1. The lowest BCUT2D eigenvalue weighted by Gasteiger charge is -1.99. The van der Waals surface area contributed by atoms with Crippen molar-refractivity contribution in [1.29, 1.82) is 0 Å². The van der Waals surface area contributed by atoms with E-state index < -0.39 is 5.97 Å². The van der Waals surface area contributed by atoms with Crippen molar-refractivity contribution in [2.75, 3.05) is 5.75 Å². The maximum atomic E-state index is 11.9. The number of carbonyl (C=O) groups is 2. The number of amides is 1. The first-order valence-electron chi connectivity index (χ1n) is 8.79. The predicted octanol–water partition coefficient (Wildman–Crippen LogP) is 4.08. The summed E-state index contributed by atoms with van der Waals surface area (Å²) in [6.45, 7) is 2.06. The normalized spacial score (nSPS) is 11.0. The maximum absolute atomic E-state index is 11.9. The average molecular weight is 459 g/mol. The summed E-state index contributed by atoms with van der Waals surface area (Å²) >= 11 is 4.38. The van der Waals surface area contributed by atoms with Gasteiger partial charge in [0.15, 0.2) is 8.68 Å². The smallest absolute Gasteiger partial charge is 0.335 e. The van der Waals surface area contributed by atoms with Gasteiger partial charge in [0.25, 0.3) is 5.91 Å². The van der Waals surface area contributed by atoms with Crippen LogP contribution in [0.5, 0.6) is 0 Å². The lowest BCUT2D eigenvalue weighted by Crippen LogP contribution is -2.19. The van der Waals surface area contributed by atoms with Crippen molar-refractivity contribution < 1.29 is 14.7 Å². The molecule has 30 heavy (non-hydrogen) atoms. The first-order chi connectivity index (χ1) is 14.5. The van der Waals surface area contributed by atoms with Crippen LogP contribution < -0.4 is 5.43 Å². The van der Waals surface area contributed by atoms with E-state index in [9.17, 15) is 9.59 Å². The molecule has 0 atom stereocenters. The van der Waals surface area contributed by atoms with Gasteiger partial charge in [-0.2, -0.15) is 5.10 Å². The molecule has 10 heteroatoms. The number of carboxylic acids is 1. The Kier molecular flexibility index (Phi) is 8.00. The molecular formula is C20H18N4O3S3. The van der Waals surface area contributed by atoms with Crippen LogP contribution in [0, 0.1) is 6.92 Å². The van der Waals surface area contributed by atoms with E-state index >= 15 is 0 Å². The molecule has 154 valence electrons. The highest BCUT2D eigenvalue weighted by molar-refractivity contribution is 8.03. The largest absolute Gasteiger partial charge is 0.478 e. The molecule has 3 aromatic rings. The molecule has 0 unspecified atom stereocenters. The fourth-order valence-corrected chi connectivity index (χ4v) is 4.96. The summed E-state index contributed by atoms with van der Waals surface area (Å²) in [4.78, 5) is 22.7. The number of aryl methyl sites for hydroxylation is 1. The lowest BCUT2D eigenvalue weighted by atomic mass is 10.1. The summed E-state index contributed by atoms with van der Waals surface area (Å²) in [5.74, 6) is -0.255. The van der Waals surface area contributed by atoms with Crippen molar-refractivity contribution in [1.82, 2.24) is 15.6 Å². The van der Waals surface area contributed by atoms with E-state index in [0.29, 0.717) is 5.56 Å². The Balaban J connectivity index is 1.40. The number of thioether (sulfide) groups is 2. The Hall–Kier alpha value is -2.69. The van der Waals surface area contributed by atoms with Crippen LogP contribution in [0.3, 0.4) is 0 Å². The van der Waals surface area contributed by atoms with Gasteiger partial charge < -0.3 is 5.11 Å². The highest BCUT2D eigenvalue weighted by Crippen LogP contribution is 2.30. The molecule has 0 bridgehead atoms. The molecule has 0 saturated heterocycles. The van der Waals surface area contributed by atoms with E-state index in [1.165, 1.54) is 52.6 Å². The zero-order valence-electron chi connectivity index (χ0n) is 15.9. The molecule has 2 N–H and O–H groups in total. The van der Waals surface area contributed by atoms with Gasteiger partial charge in [0.2, 0.25) is 0 Å². The number of hydrogen-bond acceptors (Lipinski definition) is 8. The molecule has 0 spiro atoms. The summed E-state index contributed by atoms with van der Waals surface area (Å²) in [7, 11) is 0. The van der Waals surface area contributed by atoms with Crippen LogP contribution in [0.2, 0.25) is 0 Å². The third kappa shape index (κ3) is 6.97. The second-order valence-electron chi connectivity index (χ2n) is 6.12. The molecule has 0 aliphatic rings. The predicted molar refractivity (Wildman–Crippen MR) is 121 cm³/mol. The molecule has 7 nitrogen and oxygen atoms in total. The lowest BCUT2D eigenvalue weighted by molar-refractivity contribution is -0.118. The molecule has 0 aliphatic heterocycles. The Labute approximate surface area is 186 Å². The van der Waals surface area contributed by atoms with Gasteiger partial charge in [-0.25, -0.2) is 10.2 Å². The molecule has 0 saturated carbocycles. The van der Waals surface area contributed by atoms with E-state index in [0.717, 1.165) is 14.4 Å². The summed E-state index contributed by atoms with van der Waals surface area (Å²) < 4.78 is 1.59. The minimum absolute atomic E-state index is 0.173. The molecule has 1 aromatic heterocycles. The van der Waals surface area contributed by atoms with Gasteiger partial charge in [0.05, 0.1) is 17.5 Å². The summed E-state index contributed by atoms with van der Waals surface area (Å²) in [5.41, 5.74) is 5.78. The van der Waals surface area contributed by atoms with E-state index in [2.05, 4.69) is 51.9 Å². The second-order valence-corrected chi connectivity index (χ2v) is 9.54. The van der Waals surface area contributed by atoms with Crippen molar-refractivity contribution >= 4 is 53.0 Å². The third-order valence-electron chi connectivity index (χ3n) is 3.76. The first-order valence-corrected chi connectivity index (χ1v) is 11.6. The van der Waals surface area contributed by atoms with Crippen molar-refractivity contribution in [3.63, 3.8) is 0 Å². The van der Waals surface area contributed by atoms with Crippen molar-refractivity contribution in [3.8, 4) is 0 Å². The minimum atomic E-state index is -0.989. The number of carboxylic acid groups (broad SMARTS) is 1. The number of hydrogen-bond donors (Lipinski definition) is 2. The van der Waals surface area contributed by atoms with Crippen molar-refractivity contribution in [3.05, 3.63) is 70.8 Å². The standard InChI is InChI=1S/C20H18N4O3S3/c1-13-2-4-15(5-3-13)11-28-19-23-24-20(30-19)29-12-17(25)22-21-10-14-6-8-16(9-7-14)18(26)27/h2-10H,11-12H2,1H3,(H,22,25)(H,26,27). The molecule has 2 aromatic carbocycles. The Morgan fingerprint density at radius 3 is 2.40 bits per heavy atom. The summed E-state index contributed by atoms with van der Waals surface area (Å²) in [5, 5.41) is 21.0. The molecule has 1 amide bonds. The molecular weight excluding hydrogens is 440 g/mol. The monoisotopic (exact) mass is 458 g/mol. The zero-order chi connectivity index (χ0) is 21.3. The second kappa shape index (κ2) is 10.9. The van der Waals surface area contributed by atoms with Gasteiger partial charge in [0.1, 0.15) is 0 Å². The molecule has 0 radical (unpaired) electrons. The average Bonchev–Trinajstić information content (AvgIpc) is 3.20. The van der Waals surface area contributed by atoms with Crippen LogP contribution in [-0.4, -0.2) is 39.1 Å². The van der Waals surface area contributed by atoms with Gasteiger partial charge >= 0.3 is 5.97 Å². The number of rotatable bonds is 9. The zero-order valence-corrected chi connectivity index (χ0v) is 18.4. The van der Waals surface area contributed by atoms with Crippen LogP contribution in [-0.2, 0) is 10.5 Å². The van der Waals surface area contributed by atoms with Crippen molar-refractivity contribution in [2.24, 2.45) is 5.10 Å². The highest BCUT2D eigenvalue weighted by atomic mass is 32.2. The van der Waals surface area contributed by atoms with Crippen LogP contribution in [0.25, 0.3) is 0 Å². The number of carbonyl (C=O) groups excluding carboxylic acids is 1. The maximum Gasteiger partial charge on any atom is 0.335 e. The number of nitrogens with one attached hydrogen (secondary N) is 1. The SMILES string of the molecule is Cc1ccc(CSc2nnc(SCC(=O)NN=Cc3ccc(C(=O)O)cc3)s2)cc1. The van der Waals surface area contributed by atoms with Crippen LogP contribution in [0.4, 0.5) is 0 Å². The van der Waals surface area contributed by atoms with Gasteiger partial charge in [-0.1, -0.05) is 76.8 Å². The fraction of sp³-hybridized carbons (Fsp3) is 0.150. The Morgan fingerprint density at radius 1 is 1.07 bits per heavy atom. The number of nitrogens with zero attached hydrogens (tertiary/aromatic N) is 3. The minimum Gasteiger partial charge on any atom is -0.478 e. The van der Waals surface area contributed by atoms with Gasteiger partial charge in [-0.15, -0.1) is 10.2 Å². The van der Waals surface area contributed by atoms with Gasteiger partial charge in [-0.3, -0.25) is 4.79 Å². The molecule has 0 aliphatic carbocycles. The Bertz CT molecular complexity index is 1030.